The molecule has 1 heterocycles. The number of benzene rings is 2. The minimum absolute atomic E-state index is 0.117. The van der Waals surface area contributed by atoms with Gasteiger partial charge in [-0.05, 0) is 78.9 Å². The van der Waals surface area contributed by atoms with E-state index >= 15 is 0 Å². The van der Waals surface area contributed by atoms with Gasteiger partial charge in [0, 0.05) is 11.9 Å². The maximum Gasteiger partial charge on any atom is 0.238 e. The van der Waals surface area contributed by atoms with Crippen LogP contribution in [0.15, 0.2) is 59.6 Å². The summed E-state index contributed by atoms with van der Waals surface area (Å²) in [6, 6.07) is 15.2. The molecule has 0 aliphatic carbocycles. The van der Waals surface area contributed by atoms with Crippen LogP contribution in [0.3, 0.4) is 0 Å². The van der Waals surface area contributed by atoms with E-state index in [4.69, 9.17) is 5.14 Å². The van der Waals surface area contributed by atoms with Gasteiger partial charge in [-0.15, -0.1) is 0 Å². The zero-order valence-electron chi connectivity index (χ0n) is 14.7. The molecule has 0 amide bonds. The summed E-state index contributed by atoms with van der Waals surface area (Å²) in [6.45, 7) is 6.32. The van der Waals surface area contributed by atoms with Crippen LogP contribution in [-0.2, 0) is 16.4 Å². The van der Waals surface area contributed by atoms with Crippen molar-refractivity contribution in [2.75, 3.05) is 0 Å². The van der Waals surface area contributed by atoms with Gasteiger partial charge in [-0.3, -0.25) is 0 Å². The monoisotopic (exact) mass is 354 g/mol. The SMILES string of the molecule is CCc1cc(-c2ccc(C)c(C)c2)n(-c2ccc(S(N)(=O)=O)cc2)c1. The standard InChI is InChI=1S/C20H22N2O2S/c1-4-16-12-20(17-6-5-14(2)15(3)11-17)22(13-16)18-7-9-19(10-8-18)25(21,23)24/h5-13H,4H2,1-3H3,(H2,21,23,24). The van der Waals surface area contributed by atoms with E-state index in [1.165, 1.54) is 16.7 Å². The predicted octanol–water partition coefficient (Wildman–Crippen LogP) is 3.97. The molecule has 130 valence electrons. The second-order valence-electron chi connectivity index (χ2n) is 6.30. The highest BCUT2D eigenvalue weighted by molar-refractivity contribution is 7.89. The number of rotatable bonds is 4. The normalized spacial score (nSPS) is 11.7. The number of nitrogens with zero attached hydrogens (tertiary/aromatic N) is 1. The first kappa shape index (κ1) is 17.5. The van der Waals surface area contributed by atoms with Crippen molar-refractivity contribution in [2.45, 2.75) is 32.1 Å². The van der Waals surface area contributed by atoms with Gasteiger partial charge in [-0.1, -0.05) is 19.1 Å². The van der Waals surface area contributed by atoms with E-state index in [0.717, 1.165) is 23.4 Å². The number of aryl methyl sites for hydroxylation is 3. The van der Waals surface area contributed by atoms with Crippen LogP contribution in [0, 0.1) is 13.8 Å². The average Bonchev–Trinajstić information content (AvgIpc) is 3.01. The molecule has 0 saturated carbocycles. The quantitative estimate of drug-likeness (QED) is 0.770. The Hall–Kier alpha value is -2.37. The van der Waals surface area contributed by atoms with E-state index < -0.39 is 10.0 Å². The lowest BCUT2D eigenvalue weighted by molar-refractivity contribution is 0.598. The molecule has 0 aliphatic heterocycles. The van der Waals surface area contributed by atoms with Gasteiger partial charge in [-0.25, -0.2) is 13.6 Å². The molecule has 0 saturated heterocycles. The molecular weight excluding hydrogens is 332 g/mol. The molecule has 0 atom stereocenters. The Balaban J connectivity index is 2.13. The maximum absolute atomic E-state index is 11.5. The van der Waals surface area contributed by atoms with Crippen molar-refractivity contribution < 1.29 is 8.42 Å². The third kappa shape index (κ3) is 3.52. The lowest BCUT2D eigenvalue weighted by Crippen LogP contribution is -2.12. The maximum atomic E-state index is 11.5. The summed E-state index contributed by atoms with van der Waals surface area (Å²) in [6.07, 6.45) is 3.02. The van der Waals surface area contributed by atoms with Crippen molar-refractivity contribution >= 4 is 10.0 Å². The van der Waals surface area contributed by atoms with Gasteiger partial charge in [0.2, 0.25) is 10.0 Å². The van der Waals surface area contributed by atoms with Crippen LogP contribution in [0.2, 0.25) is 0 Å². The molecule has 5 heteroatoms. The van der Waals surface area contributed by atoms with Crippen molar-refractivity contribution in [3.63, 3.8) is 0 Å². The van der Waals surface area contributed by atoms with E-state index in [-0.39, 0.29) is 4.90 Å². The van der Waals surface area contributed by atoms with Gasteiger partial charge in [-0.2, -0.15) is 0 Å². The van der Waals surface area contributed by atoms with E-state index in [0.29, 0.717) is 0 Å². The summed E-state index contributed by atoms with van der Waals surface area (Å²) in [7, 11) is -3.68. The smallest absolute Gasteiger partial charge is 0.238 e. The highest BCUT2D eigenvalue weighted by Crippen LogP contribution is 2.28. The number of hydrogen-bond acceptors (Lipinski definition) is 2. The molecule has 0 bridgehead atoms. The molecule has 0 aliphatic rings. The molecule has 1 aromatic heterocycles. The largest absolute Gasteiger partial charge is 0.316 e. The summed E-state index contributed by atoms with van der Waals surface area (Å²) in [5.74, 6) is 0. The molecule has 4 nitrogen and oxygen atoms in total. The second kappa shape index (κ2) is 6.50. The van der Waals surface area contributed by atoms with Crippen LogP contribution in [0.1, 0.15) is 23.6 Å². The fourth-order valence-corrected chi connectivity index (χ4v) is 3.36. The Morgan fingerprint density at radius 1 is 0.960 bits per heavy atom. The second-order valence-corrected chi connectivity index (χ2v) is 7.86. The number of hydrogen-bond donors (Lipinski definition) is 1. The van der Waals surface area contributed by atoms with Gasteiger partial charge in [0.05, 0.1) is 10.6 Å². The Morgan fingerprint density at radius 3 is 2.20 bits per heavy atom. The minimum Gasteiger partial charge on any atom is -0.316 e. The molecule has 0 unspecified atom stereocenters. The first-order valence-electron chi connectivity index (χ1n) is 8.21. The Morgan fingerprint density at radius 2 is 1.64 bits per heavy atom. The first-order valence-corrected chi connectivity index (χ1v) is 9.76. The van der Waals surface area contributed by atoms with E-state index in [1.54, 1.807) is 24.3 Å². The number of aromatic nitrogens is 1. The third-order valence-electron chi connectivity index (χ3n) is 4.53. The van der Waals surface area contributed by atoms with E-state index in [2.05, 4.69) is 55.8 Å². The Bertz CT molecular complexity index is 1020. The highest BCUT2D eigenvalue weighted by Gasteiger charge is 2.12. The van der Waals surface area contributed by atoms with Gasteiger partial charge < -0.3 is 4.57 Å². The van der Waals surface area contributed by atoms with Crippen molar-refractivity contribution in [3.8, 4) is 16.9 Å². The van der Waals surface area contributed by atoms with Gasteiger partial charge in [0.1, 0.15) is 0 Å². The van der Waals surface area contributed by atoms with Gasteiger partial charge >= 0.3 is 0 Å². The summed E-state index contributed by atoms with van der Waals surface area (Å²) >= 11 is 0. The van der Waals surface area contributed by atoms with Crippen molar-refractivity contribution in [1.82, 2.24) is 4.57 Å². The average molecular weight is 354 g/mol. The van der Waals surface area contributed by atoms with Crippen LogP contribution in [0.5, 0.6) is 0 Å². The van der Waals surface area contributed by atoms with Crippen LogP contribution in [-0.4, -0.2) is 13.0 Å². The molecule has 25 heavy (non-hydrogen) atoms. The van der Waals surface area contributed by atoms with Gasteiger partial charge in [0.15, 0.2) is 0 Å². The Kier molecular flexibility index (Phi) is 4.54. The Labute approximate surface area is 149 Å². The van der Waals surface area contributed by atoms with Crippen molar-refractivity contribution in [2.24, 2.45) is 5.14 Å². The summed E-state index contributed by atoms with van der Waals surface area (Å²) in [5, 5.41) is 5.19. The zero-order valence-corrected chi connectivity index (χ0v) is 15.5. The molecule has 0 spiro atoms. The zero-order chi connectivity index (χ0) is 18.2. The van der Waals surface area contributed by atoms with E-state index in [9.17, 15) is 8.42 Å². The third-order valence-corrected chi connectivity index (χ3v) is 5.46. The van der Waals surface area contributed by atoms with Crippen LogP contribution in [0.25, 0.3) is 16.9 Å². The molecule has 2 aromatic carbocycles. The molecule has 2 N–H and O–H groups in total. The number of nitrogens with two attached hydrogens (primary N) is 1. The number of primary sulfonamides is 1. The first-order chi connectivity index (χ1) is 11.8. The summed E-state index contributed by atoms with van der Waals surface area (Å²) < 4.78 is 25.0. The molecule has 0 radical (unpaired) electrons. The van der Waals surface area contributed by atoms with Crippen LogP contribution in [0.4, 0.5) is 0 Å². The molecule has 3 rings (SSSR count). The molecule has 3 aromatic rings. The van der Waals surface area contributed by atoms with Crippen LogP contribution >= 0.6 is 0 Å². The van der Waals surface area contributed by atoms with E-state index in [1.807, 2.05) is 0 Å². The summed E-state index contributed by atoms with van der Waals surface area (Å²) in [4.78, 5) is 0.117. The lowest BCUT2D eigenvalue weighted by atomic mass is 10.0. The topological polar surface area (TPSA) is 65.1 Å². The van der Waals surface area contributed by atoms with Gasteiger partial charge in [0.25, 0.3) is 0 Å². The minimum atomic E-state index is -3.68. The van der Waals surface area contributed by atoms with Crippen molar-refractivity contribution in [1.29, 1.82) is 0 Å². The fourth-order valence-electron chi connectivity index (χ4n) is 2.84. The summed E-state index contributed by atoms with van der Waals surface area (Å²) in [5.41, 5.74) is 6.86. The number of sulfonamides is 1. The molecular formula is C20H22N2O2S. The fraction of sp³-hybridized carbons (Fsp3) is 0.200. The highest BCUT2D eigenvalue weighted by atomic mass is 32.2. The van der Waals surface area contributed by atoms with Crippen LogP contribution < -0.4 is 5.14 Å². The predicted molar refractivity (Wildman–Crippen MR) is 101 cm³/mol. The lowest BCUT2D eigenvalue weighted by Gasteiger charge is -2.11. The van der Waals surface area contributed by atoms with Crippen molar-refractivity contribution in [3.05, 3.63) is 71.4 Å². The molecule has 0 fully saturated rings.